The molecule has 0 saturated carbocycles. The molecule has 0 saturated heterocycles. The van der Waals surface area contributed by atoms with E-state index in [9.17, 15) is 8.42 Å². The van der Waals surface area contributed by atoms with Gasteiger partial charge in [0.25, 0.3) is 0 Å². The maximum absolute atomic E-state index is 13.0. The van der Waals surface area contributed by atoms with Crippen molar-refractivity contribution in [2.24, 2.45) is 0 Å². The van der Waals surface area contributed by atoms with Crippen LogP contribution >= 0.6 is 0 Å². The molecule has 0 radical (unpaired) electrons. The molecule has 3 aromatic rings. The Kier molecular flexibility index (Phi) is 5.15. The van der Waals surface area contributed by atoms with Crippen molar-refractivity contribution >= 4 is 21.7 Å². The fraction of sp³-hybridized carbons (Fsp3) is 0.200. The van der Waals surface area contributed by atoms with E-state index in [4.69, 9.17) is 0 Å². The summed E-state index contributed by atoms with van der Waals surface area (Å²) in [4.78, 5) is 0.342. The van der Waals surface area contributed by atoms with Crippen LogP contribution in [0.5, 0.6) is 0 Å². The van der Waals surface area contributed by atoms with Crippen molar-refractivity contribution in [2.45, 2.75) is 24.7 Å². The minimum Gasteiger partial charge on any atom is -0.207 e. The van der Waals surface area contributed by atoms with Crippen LogP contribution in [0.3, 0.4) is 0 Å². The van der Waals surface area contributed by atoms with Gasteiger partial charge in [-0.2, -0.15) is 0 Å². The number of aryl methyl sites for hydroxylation is 3. The Morgan fingerprint density at radius 3 is 1.93 bits per heavy atom. The van der Waals surface area contributed by atoms with E-state index in [1.165, 1.54) is 26.6 Å². The summed E-state index contributed by atoms with van der Waals surface area (Å²) in [5.74, 6) is 0. The van der Waals surface area contributed by atoms with Gasteiger partial charge >= 0.3 is 0 Å². The summed E-state index contributed by atoms with van der Waals surface area (Å²) in [6, 6.07) is 22.5. The number of hydrogen-bond donors (Lipinski definition) is 0. The first-order valence-electron chi connectivity index (χ1n) is 9.79. The maximum atomic E-state index is 13.0. The third kappa shape index (κ3) is 3.66. The molecule has 0 spiro atoms. The summed E-state index contributed by atoms with van der Waals surface area (Å²) in [7, 11) is -0.407. The highest BCUT2D eigenvalue weighted by molar-refractivity contribution is 7.89. The molecule has 0 N–H and O–H groups in total. The van der Waals surface area contributed by atoms with E-state index >= 15 is 0 Å². The van der Waals surface area contributed by atoms with Crippen LogP contribution < -0.4 is 0 Å². The van der Waals surface area contributed by atoms with E-state index in [-0.39, 0.29) is 0 Å². The summed E-state index contributed by atoms with van der Waals surface area (Å²) in [6.07, 6.45) is 3.99. The molecule has 29 heavy (non-hydrogen) atoms. The molecule has 0 atom stereocenters. The van der Waals surface area contributed by atoms with Crippen molar-refractivity contribution in [2.75, 3.05) is 14.1 Å². The number of rotatable bonds is 3. The molecule has 1 aliphatic carbocycles. The highest BCUT2D eigenvalue weighted by atomic mass is 32.2. The second-order valence-corrected chi connectivity index (χ2v) is 9.82. The lowest BCUT2D eigenvalue weighted by Gasteiger charge is -2.16. The van der Waals surface area contributed by atoms with Crippen molar-refractivity contribution in [3.05, 3.63) is 100 Å². The minimum absolute atomic E-state index is 0.342. The SMILES string of the molecule is Cc1ccc(C=C2c3ccccc3CCc3ccccc32)c(S(=O)(=O)N(C)C)c1. The van der Waals surface area contributed by atoms with E-state index < -0.39 is 10.0 Å². The molecule has 0 unspecified atom stereocenters. The first kappa shape index (κ1) is 19.6. The predicted octanol–water partition coefficient (Wildman–Crippen LogP) is 4.93. The van der Waals surface area contributed by atoms with E-state index in [0.29, 0.717) is 10.5 Å². The molecule has 0 bridgehead atoms. The fourth-order valence-electron chi connectivity index (χ4n) is 3.91. The molecule has 0 heterocycles. The van der Waals surface area contributed by atoms with Crippen LogP contribution in [0.2, 0.25) is 0 Å². The molecule has 0 fully saturated rings. The standard InChI is InChI=1S/C25H25NO2S/c1-18-12-13-21(25(16-18)29(27,28)26(2)3)17-24-22-10-6-4-8-19(22)14-15-20-9-5-7-11-23(20)24/h4-13,16-17H,14-15H2,1-3H3. The molecule has 4 rings (SSSR count). The van der Waals surface area contributed by atoms with Gasteiger partial charge in [-0.3, -0.25) is 0 Å². The predicted molar refractivity (Wildman–Crippen MR) is 119 cm³/mol. The summed E-state index contributed by atoms with van der Waals surface area (Å²) in [5.41, 5.74) is 7.64. The maximum Gasteiger partial charge on any atom is 0.243 e. The van der Waals surface area contributed by atoms with Crippen molar-refractivity contribution in [3.63, 3.8) is 0 Å². The molecule has 0 amide bonds. The quantitative estimate of drug-likeness (QED) is 0.622. The summed E-state index contributed by atoms with van der Waals surface area (Å²) in [6.45, 7) is 1.92. The summed E-state index contributed by atoms with van der Waals surface area (Å²) >= 11 is 0. The fourth-order valence-corrected chi connectivity index (χ4v) is 5.06. The zero-order valence-electron chi connectivity index (χ0n) is 17.0. The smallest absolute Gasteiger partial charge is 0.207 e. The minimum atomic E-state index is -3.56. The van der Waals surface area contributed by atoms with Gasteiger partial charge in [-0.1, -0.05) is 60.7 Å². The second-order valence-electron chi connectivity index (χ2n) is 7.70. The Hall–Kier alpha value is -2.69. The Morgan fingerprint density at radius 2 is 1.38 bits per heavy atom. The molecule has 4 heteroatoms. The van der Waals surface area contributed by atoms with Gasteiger partial charge in [0.1, 0.15) is 0 Å². The van der Waals surface area contributed by atoms with Crippen LogP contribution in [-0.4, -0.2) is 26.8 Å². The Bertz CT molecular complexity index is 1160. The van der Waals surface area contributed by atoms with Gasteiger partial charge in [-0.25, -0.2) is 12.7 Å². The van der Waals surface area contributed by atoms with Gasteiger partial charge in [0.05, 0.1) is 4.90 Å². The zero-order chi connectivity index (χ0) is 20.6. The number of hydrogen-bond acceptors (Lipinski definition) is 2. The van der Waals surface area contributed by atoms with Crippen LogP contribution in [0.15, 0.2) is 71.6 Å². The molecule has 0 aromatic heterocycles. The molecule has 3 nitrogen and oxygen atoms in total. The number of benzene rings is 3. The monoisotopic (exact) mass is 403 g/mol. The average molecular weight is 404 g/mol. The molecule has 148 valence electrons. The number of nitrogens with zero attached hydrogens (tertiary/aromatic N) is 1. The lowest BCUT2D eigenvalue weighted by atomic mass is 9.92. The van der Waals surface area contributed by atoms with Gasteiger partial charge in [0.2, 0.25) is 10.0 Å². The molecular weight excluding hydrogens is 378 g/mol. The van der Waals surface area contributed by atoms with Crippen molar-refractivity contribution < 1.29 is 8.42 Å². The number of sulfonamides is 1. The van der Waals surface area contributed by atoms with E-state index in [0.717, 1.165) is 24.0 Å². The summed E-state index contributed by atoms with van der Waals surface area (Å²) in [5, 5.41) is 0. The zero-order valence-corrected chi connectivity index (χ0v) is 17.8. The Morgan fingerprint density at radius 1 is 0.828 bits per heavy atom. The molecular formula is C25H25NO2S. The van der Waals surface area contributed by atoms with E-state index in [2.05, 4.69) is 36.4 Å². The van der Waals surface area contributed by atoms with Crippen molar-refractivity contribution in [3.8, 4) is 0 Å². The normalized spacial score (nSPS) is 13.6. The first-order chi connectivity index (χ1) is 13.9. The van der Waals surface area contributed by atoms with Crippen molar-refractivity contribution in [1.29, 1.82) is 0 Å². The van der Waals surface area contributed by atoms with Gasteiger partial charge in [-0.15, -0.1) is 0 Å². The Labute approximate surface area is 173 Å². The van der Waals surface area contributed by atoms with Gasteiger partial charge < -0.3 is 0 Å². The third-order valence-electron chi connectivity index (χ3n) is 5.51. The van der Waals surface area contributed by atoms with Crippen molar-refractivity contribution in [1.82, 2.24) is 4.31 Å². The molecule has 1 aliphatic rings. The third-order valence-corrected chi connectivity index (χ3v) is 7.38. The molecule has 0 aliphatic heterocycles. The highest BCUT2D eigenvalue weighted by Gasteiger charge is 2.23. The average Bonchev–Trinajstić information content (AvgIpc) is 2.86. The number of fused-ring (bicyclic) bond motifs is 2. The van der Waals surface area contributed by atoms with E-state index in [1.54, 1.807) is 20.2 Å². The van der Waals surface area contributed by atoms with Gasteiger partial charge in [0, 0.05) is 14.1 Å². The Balaban J connectivity index is 2.01. The molecule has 3 aromatic carbocycles. The lowest BCUT2D eigenvalue weighted by molar-refractivity contribution is 0.520. The van der Waals surface area contributed by atoms with Gasteiger partial charge in [0.15, 0.2) is 0 Å². The van der Waals surface area contributed by atoms with Crippen LogP contribution in [0, 0.1) is 6.92 Å². The van der Waals surface area contributed by atoms with Crippen LogP contribution in [0.25, 0.3) is 11.6 Å². The first-order valence-corrected chi connectivity index (χ1v) is 11.2. The van der Waals surface area contributed by atoms with E-state index in [1.807, 2.05) is 37.3 Å². The lowest BCUT2D eigenvalue weighted by Crippen LogP contribution is -2.23. The topological polar surface area (TPSA) is 37.4 Å². The largest absolute Gasteiger partial charge is 0.243 e. The van der Waals surface area contributed by atoms with Crippen LogP contribution in [-0.2, 0) is 22.9 Å². The summed E-state index contributed by atoms with van der Waals surface area (Å²) < 4.78 is 27.3. The van der Waals surface area contributed by atoms with Gasteiger partial charge in [-0.05, 0) is 70.9 Å². The van der Waals surface area contributed by atoms with Crippen LogP contribution in [0.4, 0.5) is 0 Å². The van der Waals surface area contributed by atoms with Crippen LogP contribution in [0.1, 0.15) is 33.4 Å². The second kappa shape index (κ2) is 7.62. The highest BCUT2D eigenvalue weighted by Crippen LogP contribution is 2.36.